The van der Waals surface area contributed by atoms with Crippen LogP contribution in [0.5, 0.6) is 0 Å². The molecular formula is C13H8INO. The number of benzene rings is 1. The van der Waals surface area contributed by atoms with Crippen LogP contribution in [0.15, 0.2) is 36.5 Å². The Bertz CT molecular complexity index is 618. The van der Waals surface area contributed by atoms with Gasteiger partial charge in [-0.15, -0.1) is 0 Å². The Morgan fingerprint density at radius 3 is 2.94 bits per heavy atom. The monoisotopic (exact) mass is 321 g/mol. The maximum Gasteiger partial charge on any atom is 0.182 e. The summed E-state index contributed by atoms with van der Waals surface area (Å²) in [6.07, 6.45) is 5.65. The summed E-state index contributed by atoms with van der Waals surface area (Å²) in [5.74, 6) is 0.155. The van der Waals surface area contributed by atoms with Crippen LogP contribution >= 0.6 is 22.6 Å². The molecule has 1 unspecified atom stereocenters. The van der Waals surface area contributed by atoms with Crippen LogP contribution in [-0.4, -0.2) is 14.7 Å². The number of rotatable bonds is 0. The first-order valence-corrected chi connectivity index (χ1v) is 6.26. The van der Waals surface area contributed by atoms with Crippen LogP contribution in [0.2, 0.25) is 0 Å². The fourth-order valence-electron chi connectivity index (χ4n) is 1.97. The van der Waals surface area contributed by atoms with Crippen LogP contribution in [0.3, 0.4) is 0 Å². The Balaban J connectivity index is 2.42. The summed E-state index contributed by atoms with van der Waals surface area (Å²) in [4.78, 5) is 16.5. The zero-order valence-corrected chi connectivity index (χ0v) is 10.5. The molecule has 0 spiro atoms. The van der Waals surface area contributed by atoms with E-state index in [0.29, 0.717) is 0 Å². The normalized spacial score (nSPS) is 18.8. The minimum atomic E-state index is -0.0716. The van der Waals surface area contributed by atoms with Gasteiger partial charge in [0.2, 0.25) is 0 Å². The number of hydrogen-bond acceptors (Lipinski definition) is 2. The number of fused-ring (bicyclic) bond motifs is 3. The highest BCUT2D eigenvalue weighted by Gasteiger charge is 2.23. The Labute approximate surface area is 107 Å². The number of halogens is 1. The first-order chi connectivity index (χ1) is 7.77. The van der Waals surface area contributed by atoms with Crippen molar-refractivity contribution < 1.29 is 4.79 Å². The lowest BCUT2D eigenvalue weighted by atomic mass is 9.95. The summed E-state index contributed by atoms with van der Waals surface area (Å²) >= 11 is 2.15. The number of carbonyl (C=O) groups is 1. The molecule has 0 aliphatic heterocycles. The number of carbonyl (C=O) groups excluding carboxylic acids is 1. The molecule has 0 saturated carbocycles. The molecule has 0 radical (unpaired) electrons. The lowest BCUT2D eigenvalue weighted by molar-refractivity contribution is 0.100. The second kappa shape index (κ2) is 3.66. The largest absolute Gasteiger partial charge is 0.293 e. The van der Waals surface area contributed by atoms with Gasteiger partial charge >= 0.3 is 0 Å². The van der Waals surface area contributed by atoms with Crippen molar-refractivity contribution >= 4 is 45.2 Å². The van der Waals surface area contributed by atoms with Crippen molar-refractivity contribution in [2.45, 2.75) is 3.92 Å². The van der Waals surface area contributed by atoms with Crippen molar-refractivity contribution in [2.75, 3.05) is 0 Å². The third-order valence-corrected chi connectivity index (χ3v) is 3.73. The van der Waals surface area contributed by atoms with Crippen LogP contribution < -0.4 is 0 Å². The summed E-state index contributed by atoms with van der Waals surface area (Å²) in [7, 11) is 0. The zero-order chi connectivity index (χ0) is 11.1. The Hall–Kier alpha value is -1.23. The van der Waals surface area contributed by atoms with Gasteiger partial charge in [-0.05, 0) is 11.5 Å². The fourth-order valence-corrected chi connectivity index (χ4v) is 2.48. The Morgan fingerprint density at radius 1 is 1.25 bits per heavy atom. The van der Waals surface area contributed by atoms with Gasteiger partial charge in [-0.25, -0.2) is 0 Å². The average molecular weight is 321 g/mol. The van der Waals surface area contributed by atoms with Crippen molar-refractivity contribution in [2.24, 2.45) is 0 Å². The molecule has 0 amide bonds. The van der Waals surface area contributed by atoms with Gasteiger partial charge in [0.1, 0.15) is 0 Å². The smallest absolute Gasteiger partial charge is 0.182 e. The molecule has 1 atom stereocenters. The van der Waals surface area contributed by atoms with E-state index < -0.39 is 0 Å². The number of Topliss-reactive ketones (excluding diaryl/α,β-unsaturated/α-hetero) is 1. The number of pyridine rings is 1. The number of aromatic nitrogens is 1. The van der Waals surface area contributed by atoms with E-state index in [9.17, 15) is 4.79 Å². The molecular weight excluding hydrogens is 313 g/mol. The fraction of sp³-hybridized carbons (Fsp3) is 0.0769. The van der Waals surface area contributed by atoms with E-state index in [1.807, 2.05) is 42.6 Å². The van der Waals surface area contributed by atoms with E-state index in [1.165, 1.54) is 0 Å². The van der Waals surface area contributed by atoms with Crippen molar-refractivity contribution in [3.63, 3.8) is 0 Å². The molecule has 16 heavy (non-hydrogen) atoms. The van der Waals surface area contributed by atoms with E-state index in [-0.39, 0.29) is 9.71 Å². The molecule has 0 bridgehead atoms. The molecule has 1 aromatic heterocycles. The molecule has 3 heteroatoms. The van der Waals surface area contributed by atoms with Gasteiger partial charge < -0.3 is 0 Å². The van der Waals surface area contributed by atoms with E-state index >= 15 is 0 Å². The number of hydrogen-bond donors (Lipinski definition) is 0. The van der Waals surface area contributed by atoms with Gasteiger partial charge in [0, 0.05) is 11.6 Å². The molecule has 0 fully saturated rings. The highest BCUT2D eigenvalue weighted by molar-refractivity contribution is 14.1. The molecule has 78 valence electrons. The third-order valence-electron chi connectivity index (χ3n) is 2.75. The molecule has 0 N–H and O–H groups in total. The maximum absolute atomic E-state index is 12.1. The van der Waals surface area contributed by atoms with Crippen LogP contribution in [0.25, 0.3) is 16.8 Å². The summed E-state index contributed by atoms with van der Waals surface area (Å²) in [6.45, 7) is 0. The summed E-state index contributed by atoms with van der Waals surface area (Å²) in [5.41, 5.74) is 1.55. The molecule has 0 saturated heterocycles. The zero-order valence-electron chi connectivity index (χ0n) is 8.35. The van der Waals surface area contributed by atoms with Gasteiger partial charge in [0.15, 0.2) is 5.78 Å². The number of alkyl halides is 1. The molecule has 1 aliphatic rings. The highest BCUT2D eigenvalue weighted by atomic mass is 127. The van der Waals surface area contributed by atoms with Crippen LogP contribution in [0.4, 0.5) is 0 Å². The van der Waals surface area contributed by atoms with Crippen molar-refractivity contribution in [3.8, 4) is 0 Å². The van der Waals surface area contributed by atoms with Gasteiger partial charge in [-0.2, -0.15) is 0 Å². The third kappa shape index (κ3) is 1.38. The van der Waals surface area contributed by atoms with Crippen LogP contribution in [-0.2, 0) is 0 Å². The summed E-state index contributed by atoms with van der Waals surface area (Å²) in [6, 6.07) is 7.88. The molecule has 1 aromatic carbocycles. The molecule has 3 rings (SSSR count). The van der Waals surface area contributed by atoms with E-state index in [0.717, 1.165) is 22.0 Å². The minimum absolute atomic E-state index is 0.0716. The number of allylic oxidation sites excluding steroid dienone is 1. The molecule has 2 aromatic rings. The SMILES string of the molecule is O=C1c2c(ncc3ccccc23)C=CC1I. The Kier molecular flexibility index (Phi) is 2.28. The quantitative estimate of drug-likeness (QED) is 0.551. The van der Waals surface area contributed by atoms with Gasteiger partial charge in [0.05, 0.1) is 15.2 Å². The second-order valence-electron chi connectivity index (χ2n) is 3.73. The van der Waals surface area contributed by atoms with Crippen molar-refractivity contribution in [1.29, 1.82) is 0 Å². The summed E-state index contributed by atoms with van der Waals surface area (Å²) < 4.78 is -0.0716. The second-order valence-corrected chi connectivity index (χ2v) is 5.07. The Morgan fingerprint density at radius 2 is 2.06 bits per heavy atom. The topological polar surface area (TPSA) is 30.0 Å². The van der Waals surface area contributed by atoms with Gasteiger partial charge in [-0.1, -0.05) is 52.9 Å². The average Bonchev–Trinajstić information content (AvgIpc) is 2.33. The van der Waals surface area contributed by atoms with Gasteiger partial charge in [-0.3, -0.25) is 9.78 Å². The molecule has 2 nitrogen and oxygen atoms in total. The van der Waals surface area contributed by atoms with E-state index in [1.54, 1.807) is 0 Å². The number of ketones is 1. The standard InChI is InChI=1S/C13H8INO/c14-10-5-6-11-12(13(10)16)9-4-2-1-3-8(9)7-15-11/h1-7,10H. The lowest BCUT2D eigenvalue weighted by Crippen LogP contribution is -2.17. The van der Waals surface area contributed by atoms with E-state index in [4.69, 9.17) is 0 Å². The maximum atomic E-state index is 12.1. The first-order valence-electron chi connectivity index (χ1n) is 5.01. The minimum Gasteiger partial charge on any atom is -0.293 e. The molecule has 1 heterocycles. The number of nitrogens with zero attached hydrogens (tertiary/aromatic N) is 1. The predicted octanol–water partition coefficient (Wildman–Crippen LogP) is 3.25. The predicted molar refractivity (Wildman–Crippen MR) is 72.9 cm³/mol. The van der Waals surface area contributed by atoms with Gasteiger partial charge in [0.25, 0.3) is 0 Å². The highest BCUT2D eigenvalue weighted by Crippen LogP contribution is 2.28. The first kappa shape index (κ1) is 9.96. The molecule has 1 aliphatic carbocycles. The van der Waals surface area contributed by atoms with Crippen molar-refractivity contribution in [3.05, 3.63) is 47.8 Å². The van der Waals surface area contributed by atoms with E-state index in [2.05, 4.69) is 27.6 Å². The van der Waals surface area contributed by atoms with Crippen LogP contribution in [0.1, 0.15) is 16.1 Å². The lowest BCUT2D eigenvalue weighted by Gasteiger charge is -2.14. The van der Waals surface area contributed by atoms with Crippen LogP contribution in [0, 0.1) is 0 Å². The van der Waals surface area contributed by atoms with Crippen molar-refractivity contribution in [1.82, 2.24) is 4.98 Å². The summed E-state index contributed by atoms with van der Waals surface area (Å²) in [5, 5.41) is 2.03.